The van der Waals surface area contributed by atoms with Crippen molar-refractivity contribution in [2.45, 2.75) is 25.8 Å². The second kappa shape index (κ2) is 5.89. The van der Waals surface area contributed by atoms with Crippen molar-refractivity contribution >= 4 is 34.4 Å². The molecule has 1 amide bonds. The van der Waals surface area contributed by atoms with Gasteiger partial charge in [-0.3, -0.25) is 9.59 Å². The fourth-order valence-electron chi connectivity index (χ4n) is 2.12. The van der Waals surface area contributed by atoms with Crippen LogP contribution in [-0.2, 0) is 11.3 Å². The van der Waals surface area contributed by atoms with E-state index in [-0.39, 0.29) is 17.6 Å². The van der Waals surface area contributed by atoms with Gasteiger partial charge >= 0.3 is 0 Å². The highest BCUT2D eigenvalue weighted by atomic mass is 32.1. The molecule has 0 bridgehead atoms. The average Bonchev–Trinajstić information content (AvgIpc) is 3.05. The highest BCUT2D eigenvalue weighted by Gasteiger charge is 2.24. The molecule has 0 spiro atoms. The van der Waals surface area contributed by atoms with Gasteiger partial charge in [0, 0.05) is 21.7 Å². The predicted molar refractivity (Wildman–Crippen MR) is 81.3 cm³/mol. The fourth-order valence-corrected chi connectivity index (χ4v) is 3.67. The van der Waals surface area contributed by atoms with E-state index in [1.165, 1.54) is 22.7 Å². The number of carbonyl (C=O) groups is 2. The van der Waals surface area contributed by atoms with E-state index in [1.807, 2.05) is 29.0 Å². The molecule has 1 aliphatic carbocycles. The van der Waals surface area contributed by atoms with Gasteiger partial charge in [0.1, 0.15) is 0 Å². The van der Waals surface area contributed by atoms with Crippen molar-refractivity contribution in [3.8, 4) is 0 Å². The van der Waals surface area contributed by atoms with Crippen molar-refractivity contribution in [2.24, 2.45) is 5.92 Å². The predicted octanol–water partition coefficient (Wildman–Crippen LogP) is 3.46. The molecule has 5 heteroatoms. The molecular formula is C15H15NO2S2. The monoisotopic (exact) mass is 305 g/mol. The summed E-state index contributed by atoms with van der Waals surface area (Å²) in [6, 6.07) is 5.60. The molecule has 0 atom stereocenters. The van der Waals surface area contributed by atoms with Crippen molar-refractivity contribution in [3.05, 3.63) is 44.3 Å². The number of ketones is 1. The van der Waals surface area contributed by atoms with Gasteiger partial charge in [0.2, 0.25) is 11.7 Å². The van der Waals surface area contributed by atoms with Crippen LogP contribution in [0, 0.1) is 5.92 Å². The Morgan fingerprint density at radius 1 is 1.25 bits per heavy atom. The molecule has 20 heavy (non-hydrogen) atoms. The molecule has 1 saturated carbocycles. The Morgan fingerprint density at radius 2 is 2.10 bits per heavy atom. The molecule has 0 saturated heterocycles. The van der Waals surface area contributed by atoms with Gasteiger partial charge in [0.25, 0.3) is 0 Å². The van der Waals surface area contributed by atoms with E-state index in [9.17, 15) is 9.59 Å². The largest absolute Gasteiger partial charge is 0.351 e. The number of rotatable bonds is 5. The van der Waals surface area contributed by atoms with Gasteiger partial charge in [0.05, 0.1) is 11.4 Å². The van der Waals surface area contributed by atoms with Gasteiger partial charge in [-0.05, 0) is 36.4 Å². The zero-order chi connectivity index (χ0) is 13.9. The lowest BCUT2D eigenvalue weighted by molar-refractivity contribution is -0.127. The quantitative estimate of drug-likeness (QED) is 0.860. The molecule has 1 N–H and O–H groups in total. The molecule has 2 heterocycles. The SMILES string of the molecule is O=C(c1ccsc1)c1ccc(CNC(=O)C2CCC2)s1. The summed E-state index contributed by atoms with van der Waals surface area (Å²) in [6.07, 6.45) is 3.19. The summed E-state index contributed by atoms with van der Waals surface area (Å²) in [6.45, 7) is 0.525. The average molecular weight is 305 g/mol. The Hall–Kier alpha value is -1.46. The number of hydrogen-bond acceptors (Lipinski definition) is 4. The number of nitrogens with one attached hydrogen (secondary N) is 1. The van der Waals surface area contributed by atoms with Crippen LogP contribution in [0.2, 0.25) is 0 Å². The smallest absolute Gasteiger partial charge is 0.223 e. The molecule has 104 valence electrons. The Morgan fingerprint density at radius 3 is 2.75 bits per heavy atom. The number of carbonyl (C=O) groups excluding carboxylic acids is 2. The van der Waals surface area contributed by atoms with Gasteiger partial charge in [-0.15, -0.1) is 11.3 Å². The molecule has 0 aliphatic heterocycles. The maximum absolute atomic E-state index is 12.2. The van der Waals surface area contributed by atoms with Crippen molar-refractivity contribution in [1.29, 1.82) is 0 Å². The summed E-state index contributed by atoms with van der Waals surface area (Å²) in [5.74, 6) is 0.421. The van der Waals surface area contributed by atoms with E-state index in [0.717, 1.165) is 34.6 Å². The molecule has 1 fully saturated rings. The molecule has 0 radical (unpaired) electrons. The van der Waals surface area contributed by atoms with Crippen LogP contribution in [0.25, 0.3) is 0 Å². The van der Waals surface area contributed by atoms with Crippen molar-refractivity contribution in [2.75, 3.05) is 0 Å². The minimum absolute atomic E-state index is 0.0628. The summed E-state index contributed by atoms with van der Waals surface area (Å²) in [4.78, 5) is 25.7. The first-order chi connectivity index (χ1) is 9.74. The molecule has 3 rings (SSSR count). The van der Waals surface area contributed by atoms with Gasteiger partial charge in [-0.1, -0.05) is 6.42 Å². The van der Waals surface area contributed by atoms with Crippen LogP contribution < -0.4 is 5.32 Å². The molecule has 1 aliphatic rings. The number of hydrogen-bond donors (Lipinski definition) is 1. The topological polar surface area (TPSA) is 46.2 Å². The second-order valence-electron chi connectivity index (χ2n) is 4.95. The lowest BCUT2D eigenvalue weighted by atomic mass is 9.85. The highest BCUT2D eigenvalue weighted by molar-refractivity contribution is 7.14. The molecule has 2 aromatic heterocycles. The highest BCUT2D eigenvalue weighted by Crippen LogP contribution is 2.26. The van der Waals surface area contributed by atoms with Crippen LogP contribution in [-0.4, -0.2) is 11.7 Å². The van der Waals surface area contributed by atoms with E-state index in [0.29, 0.717) is 6.54 Å². The zero-order valence-corrected chi connectivity index (χ0v) is 12.6. The summed E-state index contributed by atoms with van der Waals surface area (Å²) >= 11 is 2.98. The van der Waals surface area contributed by atoms with Crippen LogP contribution in [0.1, 0.15) is 39.4 Å². The Kier molecular flexibility index (Phi) is 3.98. The molecule has 0 unspecified atom stereocenters. The number of thiophene rings is 2. The maximum atomic E-state index is 12.2. The van der Waals surface area contributed by atoms with Crippen LogP contribution in [0.5, 0.6) is 0 Å². The lowest BCUT2D eigenvalue weighted by Crippen LogP contribution is -2.33. The fraction of sp³-hybridized carbons (Fsp3) is 0.333. The second-order valence-corrected chi connectivity index (χ2v) is 6.90. The van der Waals surface area contributed by atoms with Crippen LogP contribution in [0.4, 0.5) is 0 Å². The molecule has 0 aromatic carbocycles. The first-order valence-electron chi connectivity index (χ1n) is 6.67. The standard InChI is InChI=1S/C15H15NO2S2/c17-14(11-6-7-19-9-11)13-5-4-12(20-13)8-16-15(18)10-2-1-3-10/h4-7,9-10H,1-3,8H2,(H,16,18). The molecule has 3 nitrogen and oxygen atoms in total. The minimum atomic E-state index is 0.0628. The van der Waals surface area contributed by atoms with E-state index in [2.05, 4.69) is 5.32 Å². The van der Waals surface area contributed by atoms with E-state index >= 15 is 0 Å². The van der Waals surface area contributed by atoms with Crippen LogP contribution >= 0.6 is 22.7 Å². The first-order valence-corrected chi connectivity index (χ1v) is 8.43. The van der Waals surface area contributed by atoms with E-state index < -0.39 is 0 Å². The Balaban J connectivity index is 1.59. The third-order valence-corrected chi connectivity index (χ3v) is 5.35. The maximum Gasteiger partial charge on any atom is 0.223 e. The normalized spacial score (nSPS) is 14.8. The van der Waals surface area contributed by atoms with Crippen LogP contribution in [0.3, 0.4) is 0 Å². The summed E-state index contributed by atoms with van der Waals surface area (Å²) < 4.78 is 0. The zero-order valence-electron chi connectivity index (χ0n) is 10.9. The van der Waals surface area contributed by atoms with Crippen LogP contribution in [0.15, 0.2) is 29.0 Å². The molecular weight excluding hydrogens is 290 g/mol. The lowest BCUT2D eigenvalue weighted by Gasteiger charge is -2.23. The van der Waals surface area contributed by atoms with Crippen molar-refractivity contribution < 1.29 is 9.59 Å². The number of amides is 1. The van der Waals surface area contributed by atoms with Gasteiger partial charge in [-0.2, -0.15) is 11.3 Å². The Labute approximate surface area is 125 Å². The summed E-state index contributed by atoms with van der Waals surface area (Å²) in [7, 11) is 0. The molecule has 2 aromatic rings. The summed E-state index contributed by atoms with van der Waals surface area (Å²) in [5.41, 5.74) is 0.738. The minimum Gasteiger partial charge on any atom is -0.351 e. The third-order valence-electron chi connectivity index (χ3n) is 3.58. The summed E-state index contributed by atoms with van der Waals surface area (Å²) in [5, 5.41) is 6.71. The van der Waals surface area contributed by atoms with Crippen molar-refractivity contribution in [1.82, 2.24) is 5.32 Å². The van der Waals surface area contributed by atoms with E-state index in [1.54, 1.807) is 0 Å². The van der Waals surface area contributed by atoms with Gasteiger partial charge in [0.15, 0.2) is 0 Å². The Bertz CT molecular complexity index is 612. The van der Waals surface area contributed by atoms with Gasteiger partial charge < -0.3 is 5.32 Å². The first kappa shape index (κ1) is 13.5. The van der Waals surface area contributed by atoms with Gasteiger partial charge in [-0.25, -0.2) is 0 Å². The van der Waals surface area contributed by atoms with E-state index in [4.69, 9.17) is 0 Å². The third kappa shape index (κ3) is 2.83. The van der Waals surface area contributed by atoms with Crippen molar-refractivity contribution in [3.63, 3.8) is 0 Å².